The third-order valence-corrected chi connectivity index (χ3v) is 3.85. The van der Waals surface area contributed by atoms with Crippen molar-refractivity contribution in [2.45, 2.75) is 46.4 Å². The number of aliphatic imine (C=N–C) groups is 1. The SMILES string of the molecule is CCNC(=NCc1ccccc1Cn1cccn1)NCCNC(=O)OC(C)(C)C.I. The standard InChI is InChI=1S/C21H32N6O2.HI/c1-5-22-19(23-12-13-24-20(28)29-21(2,3)4)25-15-17-9-6-7-10-18(17)16-27-14-8-11-26-27;/h6-11,14H,5,12-13,15-16H2,1-4H3,(H,24,28)(H2,22,23,25);1H. The summed E-state index contributed by atoms with van der Waals surface area (Å²) in [5.41, 5.74) is 1.83. The third-order valence-electron chi connectivity index (χ3n) is 3.85. The Kier molecular flexibility index (Phi) is 11.2. The van der Waals surface area contributed by atoms with Gasteiger partial charge in [0.25, 0.3) is 0 Å². The number of aromatic nitrogens is 2. The number of hydrogen-bond acceptors (Lipinski definition) is 4. The Morgan fingerprint density at radius 1 is 1.10 bits per heavy atom. The first-order valence-corrected chi connectivity index (χ1v) is 9.90. The monoisotopic (exact) mass is 528 g/mol. The maximum absolute atomic E-state index is 11.7. The Labute approximate surface area is 195 Å². The van der Waals surface area contributed by atoms with Gasteiger partial charge in [-0.25, -0.2) is 9.79 Å². The van der Waals surface area contributed by atoms with Gasteiger partial charge in [-0.3, -0.25) is 4.68 Å². The predicted octanol–water partition coefficient (Wildman–Crippen LogP) is 3.13. The topological polar surface area (TPSA) is 92.6 Å². The van der Waals surface area contributed by atoms with Gasteiger partial charge in [0.2, 0.25) is 0 Å². The lowest BCUT2D eigenvalue weighted by Crippen LogP contribution is -2.42. The molecule has 0 unspecified atom stereocenters. The summed E-state index contributed by atoms with van der Waals surface area (Å²) in [6.07, 6.45) is 3.30. The van der Waals surface area contributed by atoms with Gasteiger partial charge >= 0.3 is 6.09 Å². The molecule has 2 rings (SSSR count). The molecule has 2 aromatic rings. The summed E-state index contributed by atoms with van der Waals surface area (Å²) in [6.45, 7) is 10.5. The number of alkyl carbamates (subject to hydrolysis) is 1. The fraction of sp³-hybridized carbons (Fsp3) is 0.476. The van der Waals surface area contributed by atoms with E-state index in [9.17, 15) is 4.79 Å². The molecule has 0 spiro atoms. The molecule has 0 aliphatic heterocycles. The van der Waals surface area contributed by atoms with Crippen molar-refractivity contribution in [1.29, 1.82) is 0 Å². The molecule has 0 saturated heterocycles. The van der Waals surface area contributed by atoms with Gasteiger partial charge in [-0.05, 0) is 44.9 Å². The minimum atomic E-state index is -0.503. The number of amides is 1. The molecule has 1 amide bonds. The molecule has 166 valence electrons. The lowest BCUT2D eigenvalue weighted by atomic mass is 10.1. The zero-order valence-electron chi connectivity index (χ0n) is 18.1. The Hall–Kier alpha value is -2.30. The summed E-state index contributed by atoms with van der Waals surface area (Å²) in [5.74, 6) is 0.701. The highest BCUT2D eigenvalue weighted by atomic mass is 127. The number of nitrogens with one attached hydrogen (secondary N) is 3. The first-order chi connectivity index (χ1) is 13.9. The second-order valence-electron chi connectivity index (χ2n) is 7.52. The van der Waals surface area contributed by atoms with Crippen LogP contribution < -0.4 is 16.0 Å². The number of carbonyl (C=O) groups excluding carboxylic acids is 1. The molecule has 1 aromatic heterocycles. The third kappa shape index (κ3) is 9.95. The average molecular weight is 528 g/mol. The van der Waals surface area contributed by atoms with Crippen molar-refractivity contribution in [3.63, 3.8) is 0 Å². The summed E-state index contributed by atoms with van der Waals surface area (Å²) < 4.78 is 7.12. The maximum atomic E-state index is 11.7. The average Bonchev–Trinajstić information content (AvgIpc) is 3.16. The molecule has 0 aliphatic carbocycles. The molecule has 9 heteroatoms. The van der Waals surface area contributed by atoms with Crippen LogP contribution in [0.25, 0.3) is 0 Å². The zero-order chi connectivity index (χ0) is 21.1. The first kappa shape index (κ1) is 25.7. The van der Waals surface area contributed by atoms with E-state index in [1.54, 1.807) is 6.20 Å². The fourth-order valence-corrected chi connectivity index (χ4v) is 2.60. The number of benzene rings is 1. The van der Waals surface area contributed by atoms with Crippen molar-refractivity contribution in [3.05, 3.63) is 53.9 Å². The molecular weight excluding hydrogens is 495 g/mol. The highest BCUT2D eigenvalue weighted by Crippen LogP contribution is 2.11. The van der Waals surface area contributed by atoms with Gasteiger partial charge in [0.15, 0.2) is 5.96 Å². The molecule has 0 atom stereocenters. The molecule has 3 N–H and O–H groups in total. The number of guanidine groups is 1. The van der Waals surface area contributed by atoms with Gasteiger partial charge in [-0.2, -0.15) is 5.10 Å². The van der Waals surface area contributed by atoms with Crippen molar-refractivity contribution in [3.8, 4) is 0 Å². The molecule has 8 nitrogen and oxygen atoms in total. The number of hydrogen-bond donors (Lipinski definition) is 3. The summed E-state index contributed by atoms with van der Waals surface area (Å²) >= 11 is 0. The lowest BCUT2D eigenvalue weighted by Gasteiger charge is -2.20. The summed E-state index contributed by atoms with van der Waals surface area (Å²) in [6, 6.07) is 10.1. The highest BCUT2D eigenvalue weighted by Gasteiger charge is 2.15. The Morgan fingerprint density at radius 2 is 1.80 bits per heavy atom. The number of rotatable bonds is 8. The van der Waals surface area contributed by atoms with Crippen LogP contribution in [0.15, 0.2) is 47.7 Å². The smallest absolute Gasteiger partial charge is 0.407 e. The molecule has 30 heavy (non-hydrogen) atoms. The second kappa shape index (κ2) is 13.1. The van der Waals surface area contributed by atoms with Crippen LogP contribution in [0.1, 0.15) is 38.8 Å². The van der Waals surface area contributed by atoms with E-state index in [4.69, 9.17) is 4.74 Å². The van der Waals surface area contributed by atoms with Crippen LogP contribution in [0.2, 0.25) is 0 Å². The summed E-state index contributed by atoms with van der Waals surface area (Å²) in [4.78, 5) is 16.4. The molecule has 0 fully saturated rings. The van der Waals surface area contributed by atoms with Crippen LogP contribution in [0.3, 0.4) is 0 Å². The van der Waals surface area contributed by atoms with E-state index in [-0.39, 0.29) is 24.0 Å². The predicted molar refractivity (Wildman–Crippen MR) is 130 cm³/mol. The van der Waals surface area contributed by atoms with E-state index in [1.165, 1.54) is 5.56 Å². The fourth-order valence-electron chi connectivity index (χ4n) is 2.60. The van der Waals surface area contributed by atoms with Crippen molar-refractivity contribution in [2.24, 2.45) is 4.99 Å². The van der Waals surface area contributed by atoms with Gasteiger partial charge in [-0.15, -0.1) is 24.0 Å². The number of carbonyl (C=O) groups is 1. The van der Waals surface area contributed by atoms with Crippen LogP contribution in [0.4, 0.5) is 4.79 Å². The maximum Gasteiger partial charge on any atom is 0.407 e. The van der Waals surface area contributed by atoms with Gasteiger partial charge in [0.05, 0.1) is 13.1 Å². The highest BCUT2D eigenvalue weighted by molar-refractivity contribution is 14.0. The Balaban J connectivity index is 0.00000450. The van der Waals surface area contributed by atoms with E-state index in [2.05, 4.69) is 38.2 Å². The van der Waals surface area contributed by atoms with Crippen molar-refractivity contribution in [1.82, 2.24) is 25.7 Å². The van der Waals surface area contributed by atoms with E-state index >= 15 is 0 Å². The number of nitrogens with zero attached hydrogens (tertiary/aromatic N) is 3. The molecule has 0 radical (unpaired) electrons. The Bertz CT molecular complexity index is 787. The van der Waals surface area contributed by atoms with Crippen molar-refractivity contribution >= 4 is 36.0 Å². The largest absolute Gasteiger partial charge is 0.444 e. The van der Waals surface area contributed by atoms with Crippen LogP contribution in [0.5, 0.6) is 0 Å². The quantitative estimate of drug-likeness (QED) is 0.212. The second-order valence-corrected chi connectivity index (χ2v) is 7.52. The zero-order valence-corrected chi connectivity index (χ0v) is 20.5. The van der Waals surface area contributed by atoms with E-state index in [1.807, 2.05) is 56.8 Å². The lowest BCUT2D eigenvalue weighted by molar-refractivity contribution is 0.0529. The van der Waals surface area contributed by atoms with Gasteiger partial charge in [0.1, 0.15) is 5.60 Å². The minimum absolute atomic E-state index is 0. The molecule has 1 heterocycles. The normalized spacial score (nSPS) is 11.4. The van der Waals surface area contributed by atoms with Crippen LogP contribution in [-0.4, -0.2) is 47.1 Å². The van der Waals surface area contributed by atoms with Crippen LogP contribution in [-0.2, 0) is 17.8 Å². The Morgan fingerprint density at radius 3 is 2.43 bits per heavy atom. The van der Waals surface area contributed by atoms with Crippen LogP contribution in [0, 0.1) is 0 Å². The van der Waals surface area contributed by atoms with Crippen LogP contribution >= 0.6 is 24.0 Å². The van der Waals surface area contributed by atoms with Crippen molar-refractivity contribution in [2.75, 3.05) is 19.6 Å². The molecule has 0 saturated carbocycles. The van der Waals surface area contributed by atoms with E-state index in [0.29, 0.717) is 32.1 Å². The minimum Gasteiger partial charge on any atom is -0.444 e. The molecule has 0 bridgehead atoms. The van der Waals surface area contributed by atoms with Gasteiger partial charge < -0.3 is 20.7 Å². The molecule has 0 aliphatic rings. The van der Waals surface area contributed by atoms with E-state index in [0.717, 1.165) is 12.1 Å². The van der Waals surface area contributed by atoms with Crippen molar-refractivity contribution < 1.29 is 9.53 Å². The number of halogens is 1. The molecular formula is C21H33IN6O2. The summed E-state index contributed by atoms with van der Waals surface area (Å²) in [7, 11) is 0. The number of ether oxygens (including phenoxy) is 1. The van der Waals surface area contributed by atoms with Gasteiger partial charge in [-0.1, -0.05) is 24.3 Å². The van der Waals surface area contributed by atoms with Gasteiger partial charge in [0, 0.05) is 32.0 Å². The summed E-state index contributed by atoms with van der Waals surface area (Å²) in [5, 5.41) is 13.4. The first-order valence-electron chi connectivity index (χ1n) is 9.90. The molecule has 1 aromatic carbocycles. The van der Waals surface area contributed by atoms with E-state index < -0.39 is 11.7 Å².